The Hall–Kier alpha value is -2.80. The highest BCUT2D eigenvalue weighted by atomic mass is 32.2. The number of amides is 2. The molecule has 4 rings (SSSR count). The third-order valence-electron chi connectivity index (χ3n) is 6.17. The summed E-state index contributed by atoms with van der Waals surface area (Å²) in [5.41, 5.74) is 2.09. The van der Waals surface area contributed by atoms with Crippen molar-refractivity contribution in [3.05, 3.63) is 71.8 Å². The zero-order valence-corrected chi connectivity index (χ0v) is 19.7. The number of unbranched alkanes of at least 4 members (excludes halogenated alkanes) is 1. The van der Waals surface area contributed by atoms with Gasteiger partial charge in [0.2, 0.25) is 0 Å². The van der Waals surface area contributed by atoms with Crippen LogP contribution in [0.5, 0.6) is 0 Å². The van der Waals surface area contributed by atoms with Gasteiger partial charge in [0, 0.05) is 25.1 Å². The van der Waals surface area contributed by atoms with E-state index in [1.165, 1.54) is 0 Å². The SMILES string of the molecule is CCOC(=O)CCCCC(=O)C1[C@@H]2CSC(c3ccccc3)N2C(=O)N1Cc1ccccc1. The lowest BCUT2D eigenvalue weighted by molar-refractivity contribution is -0.143. The zero-order valence-electron chi connectivity index (χ0n) is 18.9. The minimum absolute atomic E-state index is 0.0740. The van der Waals surface area contributed by atoms with Crippen molar-refractivity contribution in [2.45, 2.75) is 56.6 Å². The maximum atomic E-state index is 13.6. The molecule has 7 heteroatoms. The third-order valence-corrected chi connectivity index (χ3v) is 7.52. The van der Waals surface area contributed by atoms with Gasteiger partial charge >= 0.3 is 12.0 Å². The fourth-order valence-electron chi connectivity index (χ4n) is 4.64. The molecule has 2 saturated heterocycles. The molecule has 2 fully saturated rings. The average molecular weight is 467 g/mol. The minimum atomic E-state index is -0.471. The lowest BCUT2D eigenvalue weighted by Gasteiger charge is -2.25. The van der Waals surface area contributed by atoms with Gasteiger partial charge in [-0.1, -0.05) is 60.7 Å². The first-order valence-electron chi connectivity index (χ1n) is 11.6. The number of esters is 1. The number of ether oxygens (including phenoxy) is 1. The fraction of sp³-hybridized carbons (Fsp3) is 0.423. The molecule has 0 N–H and O–H groups in total. The molecule has 2 aliphatic heterocycles. The quantitative estimate of drug-likeness (QED) is 0.372. The van der Waals surface area contributed by atoms with Crippen LogP contribution < -0.4 is 0 Å². The Labute approximate surface area is 199 Å². The number of fused-ring (bicyclic) bond motifs is 1. The Morgan fingerprint density at radius 2 is 1.67 bits per heavy atom. The topological polar surface area (TPSA) is 66.9 Å². The summed E-state index contributed by atoms with van der Waals surface area (Å²) < 4.78 is 4.97. The summed E-state index contributed by atoms with van der Waals surface area (Å²) >= 11 is 1.72. The van der Waals surface area contributed by atoms with Crippen molar-refractivity contribution >= 4 is 29.5 Å². The number of carbonyl (C=O) groups is 3. The minimum Gasteiger partial charge on any atom is -0.466 e. The number of urea groups is 1. The van der Waals surface area contributed by atoms with Gasteiger partial charge in [0.1, 0.15) is 11.4 Å². The van der Waals surface area contributed by atoms with E-state index in [0.717, 1.165) is 16.9 Å². The second kappa shape index (κ2) is 10.9. The molecule has 0 aromatic heterocycles. The number of ketones is 1. The molecule has 0 spiro atoms. The van der Waals surface area contributed by atoms with Gasteiger partial charge in [-0.3, -0.25) is 9.59 Å². The second-order valence-electron chi connectivity index (χ2n) is 8.39. The molecular formula is C26H30N2O4S. The number of thioether (sulfide) groups is 1. The van der Waals surface area contributed by atoms with Crippen molar-refractivity contribution in [2.24, 2.45) is 0 Å². The fourth-order valence-corrected chi connectivity index (χ4v) is 6.12. The maximum absolute atomic E-state index is 13.6. The molecule has 2 heterocycles. The van der Waals surface area contributed by atoms with Gasteiger partial charge in [0.25, 0.3) is 0 Å². The summed E-state index contributed by atoms with van der Waals surface area (Å²) in [7, 11) is 0. The first kappa shape index (κ1) is 23.4. The number of hydrogen-bond acceptors (Lipinski definition) is 5. The Kier molecular flexibility index (Phi) is 7.70. The molecular weight excluding hydrogens is 436 g/mol. The molecule has 33 heavy (non-hydrogen) atoms. The van der Waals surface area contributed by atoms with Crippen LogP contribution in [-0.2, 0) is 20.9 Å². The van der Waals surface area contributed by atoms with E-state index in [4.69, 9.17) is 4.74 Å². The number of hydrogen-bond donors (Lipinski definition) is 0. The monoisotopic (exact) mass is 466 g/mol. The molecule has 0 saturated carbocycles. The molecule has 0 radical (unpaired) electrons. The predicted molar refractivity (Wildman–Crippen MR) is 129 cm³/mol. The maximum Gasteiger partial charge on any atom is 0.322 e. The first-order chi connectivity index (χ1) is 16.1. The van der Waals surface area contributed by atoms with Gasteiger partial charge in [0.15, 0.2) is 5.78 Å². The summed E-state index contributed by atoms with van der Waals surface area (Å²) in [6, 6.07) is 19.1. The van der Waals surface area contributed by atoms with Crippen molar-refractivity contribution in [1.82, 2.24) is 9.80 Å². The molecule has 6 nitrogen and oxygen atoms in total. The van der Waals surface area contributed by atoms with Crippen molar-refractivity contribution in [3.63, 3.8) is 0 Å². The molecule has 2 amide bonds. The van der Waals surface area contributed by atoms with Gasteiger partial charge < -0.3 is 14.5 Å². The van der Waals surface area contributed by atoms with Crippen molar-refractivity contribution in [2.75, 3.05) is 12.4 Å². The number of benzene rings is 2. The molecule has 0 aliphatic carbocycles. The molecule has 2 aliphatic rings. The van der Waals surface area contributed by atoms with E-state index in [9.17, 15) is 14.4 Å². The van der Waals surface area contributed by atoms with E-state index < -0.39 is 6.04 Å². The normalized spacial score (nSPS) is 21.8. The van der Waals surface area contributed by atoms with Gasteiger partial charge in [-0.05, 0) is 30.9 Å². The van der Waals surface area contributed by atoms with Crippen LogP contribution >= 0.6 is 11.8 Å². The number of Topliss-reactive ketones (excluding diaryl/α,β-unsaturated/α-hetero) is 1. The Balaban J connectivity index is 1.50. The van der Waals surface area contributed by atoms with Crippen molar-refractivity contribution in [1.29, 1.82) is 0 Å². The van der Waals surface area contributed by atoms with E-state index in [0.29, 0.717) is 38.8 Å². The van der Waals surface area contributed by atoms with Crippen molar-refractivity contribution < 1.29 is 19.1 Å². The molecule has 2 unspecified atom stereocenters. The van der Waals surface area contributed by atoms with E-state index in [1.54, 1.807) is 23.6 Å². The summed E-state index contributed by atoms with van der Waals surface area (Å²) in [5, 5.41) is -0.0800. The molecule has 0 bridgehead atoms. The van der Waals surface area contributed by atoms with Crippen LogP contribution in [0.4, 0.5) is 4.79 Å². The summed E-state index contributed by atoms with van der Waals surface area (Å²) in [6.07, 6.45) is 1.90. The Morgan fingerprint density at radius 1 is 1.00 bits per heavy atom. The Morgan fingerprint density at radius 3 is 2.36 bits per heavy atom. The zero-order chi connectivity index (χ0) is 23.2. The van der Waals surface area contributed by atoms with Gasteiger partial charge in [-0.15, -0.1) is 11.8 Å². The third kappa shape index (κ3) is 5.24. The molecule has 174 valence electrons. The van der Waals surface area contributed by atoms with Crippen LogP contribution in [0.2, 0.25) is 0 Å². The van der Waals surface area contributed by atoms with Crippen molar-refractivity contribution in [3.8, 4) is 0 Å². The highest BCUT2D eigenvalue weighted by Crippen LogP contribution is 2.47. The summed E-state index contributed by atoms with van der Waals surface area (Å²) in [4.78, 5) is 42.3. The van der Waals surface area contributed by atoms with Gasteiger partial charge in [-0.2, -0.15) is 0 Å². The average Bonchev–Trinajstić information content (AvgIpc) is 3.37. The van der Waals surface area contributed by atoms with E-state index in [2.05, 4.69) is 0 Å². The molecule has 3 atom stereocenters. The molecule has 2 aromatic rings. The van der Waals surface area contributed by atoms with Gasteiger partial charge in [0.05, 0.1) is 12.6 Å². The Bertz CT molecular complexity index is 969. The van der Waals surface area contributed by atoms with Crippen LogP contribution in [0.3, 0.4) is 0 Å². The number of nitrogens with zero attached hydrogens (tertiary/aromatic N) is 2. The van der Waals surface area contributed by atoms with E-state index >= 15 is 0 Å². The number of carbonyl (C=O) groups excluding carboxylic acids is 3. The highest BCUT2D eigenvalue weighted by Gasteiger charge is 2.54. The largest absolute Gasteiger partial charge is 0.466 e. The number of rotatable bonds is 10. The van der Waals surface area contributed by atoms with Crippen LogP contribution in [0.1, 0.15) is 49.1 Å². The van der Waals surface area contributed by atoms with Gasteiger partial charge in [-0.25, -0.2) is 4.79 Å². The summed E-state index contributed by atoms with van der Waals surface area (Å²) in [5.74, 6) is 0.580. The summed E-state index contributed by atoms with van der Waals surface area (Å²) in [6.45, 7) is 2.57. The first-order valence-corrected chi connectivity index (χ1v) is 12.6. The smallest absolute Gasteiger partial charge is 0.322 e. The van der Waals surface area contributed by atoms with E-state index in [-0.39, 0.29) is 29.2 Å². The van der Waals surface area contributed by atoms with Crippen LogP contribution in [0.25, 0.3) is 0 Å². The molecule has 2 aromatic carbocycles. The second-order valence-corrected chi connectivity index (χ2v) is 9.50. The van der Waals surface area contributed by atoms with Crippen LogP contribution in [-0.4, -0.2) is 52.0 Å². The highest BCUT2D eigenvalue weighted by molar-refractivity contribution is 7.99. The van der Waals surface area contributed by atoms with Crippen LogP contribution in [0.15, 0.2) is 60.7 Å². The van der Waals surface area contributed by atoms with Crippen LogP contribution in [0, 0.1) is 0 Å². The standard InChI is InChI=1S/C26H30N2O4S/c1-2-32-23(30)16-10-9-15-22(29)24-21-18-33-25(20-13-7-4-8-14-20)28(21)26(31)27(24)17-19-11-5-3-6-12-19/h3-8,11-14,21,24-25H,2,9-10,15-18H2,1H3/t21-,24?,25?/m0/s1. The predicted octanol–water partition coefficient (Wildman–Crippen LogP) is 4.80. The lowest BCUT2D eigenvalue weighted by atomic mass is 9.99. The van der Waals surface area contributed by atoms with E-state index in [1.807, 2.05) is 65.6 Å². The lowest BCUT2D eigenvalue weighted by Crippen LogP contribution is -2.43.